The minimum atomic E-state index is -0.618. The molecular formula is C22H24N4O3. The Bertz CT molecular complexity index is 973. The Morgan fingerprint density at radius 3 is 2.72 bits per heavy atom. The van der Waals surface area contributed by atoms with E-state index >= 15 is 0 Å². The number of anilines is 2. The second-order valence-electron chi connectivity index (χ2n) is 7.30. The third-order valence-electron chi connectivity index (χ3n) is 3.80. The molecule has 29 heavy (non-hydrogen) atoms. The van der Waals surface area contributed by atoms with Crippen LogP contribution in [0.2, 0.25) is 0 Å². The number of fused-ring (bicyclic) bond motifs is 1. The van der Waals surface area contributed by atoms with Crippen LogP contribution in [0, 0.1) is 11.3 Å². The van der Waals surface area contributed by atoms with Crippen molar-refractivity contribution in [3.63, 3.8) is 0 Å². The van der Waals surface area contributed by atoms with Gasteiger partial charge in [0, 0.05) is 5.69 Å². The summed E-state index contributed by atoms with van der Waals surface area (Å²) in [6, 6.07) is 7.04. The third-order valence-corrected chi connectivity index (χ3v) is 3.80. The Hall–Kier alpha value is -3.66. The van der Waals surface area contributed by atoms with E-state index < -0.39 is 11.7 Å². The molecule has 0 aliphatic carbocycles. The highest BCUT2D eigenvalue weighted by molar-refractivity contribution is 6.18. The lowest BCUT2D eigenvalue weighted by Crippen LogP contribution is -2.27. The van der Waals surface area contributed by atoms with Crippen molar-refractivity contribution in [3.8, 4) is 6.07 Å². The van der Waals surface area contributed by atoms with Crippen LogP contribution in [-0.2, 0) is 9.53 Å². The number of rotatable bonds is 4. The Balaban J connectivity index is 2.36. The lowest BCUT2D eigenvalue weighted by atomic mass is 10.0. The molecule has 1 aliphatic heterocycles. The van der Waals surface area contributed by atoms with Gasteiger partial charge in [-0.1, -0.05) is 18.7 Å². The molecule has 7 heteroatoms. The fraction of sp³-hybridized carbons (Fsp3) is 0.273. The molecule has 0 fully saturated rings. The number of benzene rings is 1. The zero-order valence-corrected chi connectivity index (χ0v) is 17.0. The molecule has 2 N–H and O–H groups in total. The number of ether oxygens (including phenoxy) is 1. The van der Waals surface area contributed by atoms with E-state index in [4.69, 9.17) is 10.00 Å². The number of nitriles is 1. The SMILES string of the molecule is C=C/C(C#N)=C\C(=C/C)C1=Nc2ccc(NC(=O)OC(C)(C)C)cc2NC(=O)C1. The summed E-state index contributed by atoms with van der Waals surface area (Å²) >= 11 is 0. The van der Waals surface area contributed by atoms with Crippen LogP contribution < -0.4 is 10.6 Å². The second kappa shape index (κ2) is 9.02. The number of allylic oxidation sites excluding steroid dienone is 5. The number of carbonyl (C=O) groups is 2. The van der Waals surface area contributed by atoms with E-state index in [1.165, 1.54) is 6.08 Å². The fourth-order valence-electron chi connectivity index (χ4n) is 2.57. The van der Waals surface area contributed by atoms with Crippen LogP contribution in [0.1, 0.15) is 34.1 Å². The van der Waals surface area contributed by atoms with Gasteiger partial charge < -0.3 is 10.1 Å². The largest absolute Gasteiger partial charge is 0.444 e. The molecule has 0 spiro atoms. The lowest BCUT2D eigenvalue weighted by molar-refractivity contribution is -0.115. The molecule has 0 bridgehead atoms. The minimum Gasteiger partial charge on any atom is -0.444 e. The maximum Gasteiger partial charge on any atom is 0.412 e. The van der Waals surface area contributed by atoms with Gasteiger partial charge in [-0.25, -0.2) is 4.79 Å². The summed E-state index contributed by atoms with van der Waals surface area (Å²) in [5, 5.41) is 14.6. The van der Waals surface area contributed by atoms with Crippen LogP contribution >= 0.6 is 0 Å². The molecule has 0 saturated heterocycles. The first kappa shape index (κ1) is 21.6. The summed E-state index contributed by atoms with van der Waals surface area (Å²) in [6.07, 6.45) is 4.34. The normalized spacial score (nSPS) is 14.6. The third kappa shape index (κ3) is 6.18. The highest BCUT2D eigenvalue weighted by Gasteiger charge is 2.20. The van der Waals surface area contributed by atoms with Crippen LogP contribution in [0.25, 0.3) is 0 Å². The Morgan fingerprint density at radius 1 is 1.41 bits per heavy atom. The van der Waals surface area contributed by atoms with Gasteiger partial charge >= 0.3 is 6.09 Å². The number of nitrogens with zero attached hydrogens (tertiary/aromatic N) is 2. The summed E-state index contributed by atoms with van der Waals surface area (Å²) in [4.78, 5) is 29.0. The van der Waals surface area contributed by atoms with Gasteiger partial charge in [-0.3, -0.25) is 15.1 Å². The van der Waals surface area contributed by atoms with Crippen molar-refractivity contribution in [1.29, 1.82) is 5.26 Å². The fourth-order valence-corrected chi connectivity index (χ4v) is 2.57. The van der Waals surface area contributed by atoms with E-state index in [0.717, 1.165) is 0 Å². The molecule has 1 aromatic rings. The molecular weight excluding hydrogens is 368 g/mol. The average Bonchev–Trinajstić information content (AvgIpc) is 2.78. The first-order chi connectivity index (χ1) is 13.6. The highest BCUT2D eigenvalue weighted by atomic mass is 16.6. The second-order valence-corrected chi connectivity index (χ2v) is 7.30. The van der Waals surface area contributed by atoms with Gasteiger partial charge in [0.25, 0.3) is 0 Å². The Morgan fingerprint density at radius 2 is 2.14 bits per heavy atom. The van der Waals surface area contributed by atoms with Gasteiger partial charge in [-0.2, -0.15) is 5.26 Å². The van der Waals surface area contributed by atoms with Crippen molar-refractivity contribution in [2.45, 2.75) is 39.7 Å². The molecule has 0 saturated carbocycles. The molecule has 2 rings (SSSR count). The van der Waals surface area contributed by atoms with Gasteiger partial charge in [-0.05, 0) is 57.5 Å². The summed E-state index contributed by atoms with van der Waals surface area (Å²) < 4.78 is 5.24. The predicted octanol–water partition coefficient (Wildman–Crippen LogP) is 5.03. The highest BCUT2D eigenvalue weighted by Crippen LogP contribution is 2.32. The van der Waals surface area contributed by atoms with Gasteiger partial charge in [0.1, 0.15) is 5.60 Å². The zero-order valence-electron chi connectivity index (χ0n) is 17.0. The number of amides is 2. The molecule has 0 atom stereocenters. The summed E-state index contributed by atoms with van der Waals surface area (Å²) in [5.41, 5.74) is 2.45. The number of nitrogens with one attached hydrogen (secondary N) is 2. The first-order valence-electron chi connectivity index (χ1n) is 9.07. The van der Waals surface area contributed by atoms with Gasteiger partial charge in [0.15, 0.2) is 0 Å². The molecule has 1 aromatic carbocycles. The monoisotopic (exact) mass is 392 g/mol. The number of hydrogen-bond donors (Lipinski definition) is 2. The van der Waals surface area contributed by atoms with E-state index in [0.29, 0.717) is 33.9 Å². The van der Waals surface area contributed by atoms with Crippen LogP contribution in [0.15, 0.2) is 59.1 Å². The van der Waals surface area contributed by atoms with E-state index in [9.17, 15) is 9.59 Å². The smallest absolute Gasteiger partial charge is 0.412 e. The van der Waals surface area contributed by atoms with Crippen molar-refractivity contribution < 1.29 is 14.3 Å². The van der Waals surface area contributed by atoms with Crippen LogP contribution in [0.4, 0.5) is 21.9 Å². The van der Waals surface area contributed by atoms with Crippen LogP contribution in [0.5, 0.6) is 0 Å². The maximum atomic E-state index is 12.4. The minimum absolute atomic E-state index is 0.0511. The van der Waals surface area contributed by atoms with E-state index in [-0.39, 0.29) is 12.3 Å². The zero-order chi connectivity index (χ0) is 21.6. The molecule has 1 heterocycles. The molecule has 7 nitrogen and oxygen atoms in total. The maximum absolute atomic E-state index is 12.4. The molecule has 2 amide bonds. The molecule has 150 valence electrons. The summed E-state index contributed by atoms with van der Waals surface area (Å²) in [5.74, 6) is -0.248. The topological polar surface area (TPSA) is 104 Å². The Kier molecular flexibility index (Phi) is 6.73. The van der Waals surface area contributed by atoms with E-state index in [2.05, 4.69) is 22.2 Å². The molecule has 1 aliphatic rings. The van der Waals surface area contributed by atoms with Crippen LogP contribution in [0.3, 0.4) is 0 Å². The van der Waals surface area contributed by atoms with E-state index in [1.807, 2.05) is 13.0 Å². The van der Waals surface area contributed by atoms with Gasteiger partial charge in [-0.15, -0.1) is 0 Å². The number of carbonyl (C=O) groups excluding carboxylic acids is 2. The summed E-state index contributed by atoms with van der Waals surface area (Å²) in [6.45, 7) is 10.7. The van der Waals surface area contributed by atoms with Crippen molar-refractivity contribution in [3.05, 3.63) is 54.2 Å². The number of aliphatic imine (C=N–C) groups is 1. The number of hydrogen-bond acceptors (Lipinski definition) is 5. The summed E-state index contributed by atoms with van der Waals surface area (Å²) in [7, 11) is 0. The Labute approximate surface area is 170 Å². The predicted molar refractivity (Wildman–Crippen MR) is 114 cm³/mol. The van der Waals surface area contributed by atoms with Crippen molar-refractivity contribution in [1.82, 2.24) is 0 Å². The molecule has 0 aromatic heterocycles. The molecule has 0 unspecified atom stereocenters. The van der Waals surface area contributed by atoms with Crippen molar-refractivity contribution in [2.75, 3.05) is 10.6 Å². The van der Waals surface area contributed by atoms with E-state index in [1.54, 1.807) is 51.1 Å². The van der Waals surface area contributed by atoms with Crippen molar-refractivity contribution >= 4 is 34.8 Å². The average molecular weight is 392 g/mol. The quantitative estimate of drug-likeness (QED) is 0.554. The van der Waals surface area contributed by atoms with Crippen molar-refractivity contribution in [2.24, 2.45) is 4.99 Å². The standard InChI is InChI=1S/C22H24N4O3/c1-6-14(13-23)10-15(7-2)18-12-20(27)26-19-11-16(8-9-17(19)25-18)24-21(28)29-22(3,4)5/h6-11H,1,12H2,2-5H3,(H,24,28)(H,26,27)/b14-10+,15-7+. The van der Waals surface area contributed by atoms with Gasteiger partial charge in [0.05, 0.1) is 35.1 Å². The van der Waals surface area contributed by atoms with Crippen LogP contribution in [-0.4, -0.2) is 23.3 Å². The lowest BCUT2D eigenvalue weighted by Gasteiger charge is -2.20. The first-order valence-corrected chi connectivity index (χ1v) is 9.07. The molecule has 0 radical (unpaired) electrons. The van der Waals surface area contributed by atoms with Gasteiger partial charge in [0.2, 0.25) is 5.91 Å².